The summed E-state index contributed by atoms with van der Waals surface area (Å²) in [6, 6.07) is 37.2. The van der Waals surface area contributed by atoms with Crippen LogP contribution in [0.4, 0.5) is 0 Å². The van der Waals surface area contributed by atoms with Crippen LogP contribution in [-0.2, 0) is 0 Å². The van der Waals surface area contributed by atoms with E-state index >= 15 is 0 Å². The van der Waals surface area contributed by atoms with E-state index in [2.05, 4.69) is 131 Å². The van der Waals surface area contributed by atoms with Crippen LogP contribution >= 0.6 is 79.6 Å². The predicted octanol–water partition coefficient (Wildman–Crippen LogP) is 1.38. The number of hydrogen-bond acceptors (Lipinski definition) is 26. The molecule has 0 atom stereocenters. The maximum absolute atomic E-state index is 11.7. The molecule has 9 aromatic heterocycles. The van der Waals surface area contributed by atoms with Gasteiger partial charge in [-0.2, -0.15) is 15.6 Å². The van der Waals surface area contributed by atoms with Gasteiger partial charge in [-0.3, -0.25) is 28.8 Å². The molecule has 36 heteroatoms. The summed E-state index contributed by atoms with van der Waals surface area (Å²) in [6.07, 6.45) is 10.3. The number of rotatable bonds is 11. The fourth-order valence-electron chi connectivity index (χ4n) is 9.26. The summed E-state index contributed by atoms with van der Waals surface area (Å²) in [5.74, 6) is 2.89. The van der Waals surface area contributed by atoms with Gasteiger partial charge >= 0.3 is 0 Å². The highest BCUT2D eigenvalue weighted by molar-refractivity contribution is 7.08. The number of nitrogens with one attached hydrogen (secondary N) is 9. The molecule has 0 aliphatic rings. The van der Waals surface area contributed by atoms with Crippen molar-refractivity contribution in [3.8, 4) is 62.9 Å². The van der Waals surface area contributed by atoms with E-state index in [1.54, 1.807) is 66.8 Å². The maximum atomic E-state index is 11.7. The van der Waals surface area contributed by atoms with Gasteiger partial charge in [0.05, 0.1) is 74.4 Å². The van der Waals surface area contributed by atoms with Crippen LogP contribution in [-0.4, -0.2) is 121 Å². The van der Waals surface area contributed by atoms with Gasteiger partial charge < -0.3 is 54.7 Å². The van der Waals surface area contributed by atoms with Crippen molar-refractivity contribution in [2.75, 3.05) is 14.2 Å². The Morgan fingerprint density at radius 1 is 0.383 bits per heavy atom. The van der Waals surface area contributed by atoms with E-state index in [4.69, 9.17) is 21.1 Å². The first kappa shape index (κ1) is 76.5. The Morgan fingerprint density at radius 2 is 0.813 bits per heavy atom. The molecule has 15 rings (SSSR count). The Labute approximate surface area is 627 Å². The molecule has 29 nitrogen and oxygen atoms in total. The van der Waals surface area contributed by atoms with Crippen molar-refractivity contribution in [1.82, 2.24) is 91.8 Å². The smallest absolute Gasteiger partial charge is 0.266 e. The fraction of sp³-hybridized carbons (Fsp3) is 0.0282. The van der Waals surface area contributed by atoms with Crippen LogP contribution in [0.25, 0.3) is 110 Å². The molecule has 0 unspecified atom stereocenters. The van der Waals surface area contributed by atoms with Gasteiger partial charge in [-0.25, -0.2) is 0 Å². The molecule has 0 fully saturated rings. The highest BCUT2D eigenvalue weighted by Crippen LogP contribution is 2.28. The zero-order valence-electron chi connectivity index (χ0n) is 55.8. The van der Waals surface area contributed by atoms with E-state index in [0.717, 1.165) is 33.4 Å². The molecule has 0 amide bonds. The number of benzene rings is 6. The van der Waals surface area contributed by atoms with Gasteiger partial charge in [0.25, 0.3) is 33.4 Å². The minimum Gasteiger partial charge on any atom is -0.508 e. The molecule has 9 heterocycles. The first-order valence-electron chi connectivity index (χ1n) is 30.6. The van der Waals surface area contributed by atoms with Crippen LogP contribution < -0.4 is 98.0 Å². The first-order valence-corrected chi connectivity index (χ1v) is 35.8. The topological polar surface area (TPSA) is 440 Å². The molecule has 0 saturated heterocycles. The average molecular weight is 1570 g/mol. The summed E-state index contributed by atoms with van der Waals surface area (Å²) in [5.41, 5.74) is 6.11. The number of halogens is 1. The summed E-state index contributed by atoms with van der Waals surface area (Å²) in [7, 11) is 3.06. The van der Waals surface area contributed by atoms with Crippen LogP contribution in [0.1, 0.15) is 33.4 Å². The van der Waals surface area contributed by atoms with Crippen molar-refractivity contribution >= 4 is 156 Å². The summed E-state index contributed by atoms with van der Waals surface area (Å²) in [5, 5.41) is 70.2. The van der Waals surface area contributed by atoms with Crippen LogP contribution in [0, 0.1) is 0 Å². The first-order chi connectivity index (χ1) is 51.4. The molecular weight excluding hydrogens is 1510 g/mol. The standard InChI is InChI=1S/3C12H9N5OS.2C12H11NO3S.C11H8ClNO2S/c1-7-13-12(18)10(19-7)6-8-2-4-9(5-3-8)11-14-16-17-15-11;1-7-13-12(18)10(19-7)6-8-3-2-4-9(5-8)11-14-16-17-15-11;1-7-13-12(18)10(19-7)6-8-4-2-3-5-9(8)11-14-16-17-15-11;1-7-13-12(15)11(17-7)5-8-3-9(14)6-10(4-8)16-2;1-7-13-12(15)11(17-7)6-8-5-9(14)3-4-10(8)16-2;1-6-13-11(15)9(16-6)5-7-3-2-4-8(12)10(7)14/h3*2-6H,1H2,(H,13,18)(H,14,15,16,17);2*3-6,14H,1H2,2H3,(H,13,15);2-5,14H,1H2,(H,13,15)/b3*10-6-;11-5-;11-6-;9-5-. The van der Waals surface area contributed by atoms with Crippen molar-refractivity contribution in [2.24, 2.45) is 0 Å². The molecule has 0 bridgehead atoms. The quantitative estimate of drug-likeness (QED) is 0.0870. The molecule has 540 valence electrons. The van der Waals surface area contributed by atoms with E-state index < -0.39 is 0 Å². The minimum absolute atomic E-state index is 0.0254. The summed E-state index contributed by atoms with van der Waals surface area (Å²) in [6.45, 7) is 22.1. The molecule has 0 aliphatic carbocycles. The third kappa shape index (κ3) is 21.3. The number of aromatic amines is 9. The van der Waals surface area contributed by atoms with Gasteiger partial charge in [0.1, 0.15) is 28.7 Å². The molecule has 0 aliphatic heterocycles. The number of hydrogen-bond donors (Lipinski definition) is 12. The number of tetrazole rings is 3. The van der Waals surface area contributed by atoms with Crippen LogP contribution in [0.5, 0.6) is 28.7 Å². The van der Waals surface area contributed by atoms with E-state index in [1.807, 2.05) is 84.9 Å². The van der Waals surface area contributed by atoms with Crippen molar-refractivity contribution in [3.63, 3.8) is 0 Å². The second kappa shape index (κ2) is 35.8. The lowest BCUT2D eigenvalue weighted by Gasteiger charge is -2.04. The fourth-order valence-corrected chi connectivity index (χ4v) is 13.9. The van der Waals surface area contributed by atoms with Crippen LogP contribution in [0.3, 0.4) is 0 Å². The Kier molecular flexibility index (Phi) is 25.6. The molecule has 107 heavy (non-hydrogen) atoms. The van der Waals surface area contributed by atoms with E-state index in [9.17, 15) is 44.1 Å². The van der Waals surface area contributed by atoms with Crippen molar-refractivity contribution in [1.29, 1.82) is 0 Å². The number of nitrogens with zero attached hydrogens (tertiary/aromatic N) is 9. The summed E-state index contributed by atoms with van der Waals surface area (Å²) >= 11 is 13.5. The highest BCUT2D eigenvalue weighted by Gasteiger charge is 2.10. The van der Waals surface area contributed by atoms with Crippen LogP contribution in [0.2, 0.25) is 5.02 Å². The number of aromatic hydroxyl groups is 3. The number of aromatic nitrogens is 18. The van der Waals surface area contributed by atoms with Gasteiger partial charge in [-0.1, -0.05) is 130 Å². The lowest BCUT2D eigenvalue weighted by atomic mass is 10.1. The van der Waals surface area contributed by atoms with Gasteiger partial charge in [-0.15, -0.1) is 98.6 Å². The maximum Gasteiger partial charge on any atom is 0.266 e. The minimum atomic E-state index is -0.214. The number of phenols is 3. The predicted molar refractivity (Wildman–Crippen MR) is 421 cm³/mol. The molecule has 0 radical (unpaired) electrons. The Bertz CT molecular complexity index is 6760. The molecule has 15 aromatic rings. The number of ether oxygens (including phenoxy) is 2. The Morgan fingerprint density at radius 3 is 1.28 bits per heavy atom. The van der Waals surface area contributed by atoms with E-state index in [1.165, 1.54) is 94.4 Å². The van der Waals surface area contributed by atoms with Gasteiger partial charge in [0.2, 0.25) is 17.5 Å². The van der Waals surface area contributed by atoms with Crippen molar-refractivity contribution in [2.45, 2.75) is 0 Å². The lowest BCUT2D eigenvalue weighted by Crippen LogP contribution is -2.19. The molecule has 12 N–H and O–H groups in total. The monoisotopic (exact) mass is 1560 g/mol. The third-order valence-corrected chi connectivity index (χ3v) is 19.5. The average Bonchev–Trinajstić information content (AvgIpc) is 1.78. The number of methoxy groups -OCH3 is 2. The largest absolute Gasteiger partial charge is 0.508 e. The Balaban J connectivity index is 0.000000137. The lowest BCUT2D eigenvalue weighted by molar-refractivity contribution is 0.407. The van der Waals surface area contributed by atoms with Crippen molar-refractivity contribution < 1.29 is 24.8 Å². The summed E-state index contributed by atoms with van der Waals surface area (Å²) in [4.78, 5) is 84.9. The zero-order chi connectivity index (χ0) is 76.3. The molecule has 0 saturated carbocycles. The van der Waals surface area contributed by atoms with E-state index in [0.29, 0.717) is 101 Å². The van der Waals surface area contributed by atoms with Gasteiger partial charge in [-0.05, 0) is 117 Å². The zero-order valence-corrected chi connectivity index (χ0v) is 61.4. The normalized spacial score (nSPS) is 11.8. The summed E-state index contributed by atoms with van der Waals surface area (Å²) < 4.78 is 17.3. The van der Waals surface area contributed by atoms with Crippen LogP contribution in [0.15, 0.2) is 156 Å². The molecule has 0 spiro atoms. The number of phenolic OH excluding ortho intramolecular Hbond substituents is 3. The second-order valence-corrected chi connectivity index (χ2v) is 28.8. The number of thiazole rings is 6. The number of H-pyrrole nitrogens is 9. The second-order valence-electron chi connectivity index (χ2n) is 21.5. The molecule has 6 aromatic carbocycles. The highest BCUT2D eigenvalue weighted by atomic mass is 35.5. The third-order valence-electron chi connectivity index (χ3n) is 13.9. The van der Waals surface area contributed by atoms with E-state index in [-0.39, 0.29) is 55.6 Å². The SMILES string of the molecule is C=c1[nH]c(=O)/c(=C/c2cc(O)cc(OC)c2)s1.C=c1[nH]c(=O)/c(=C/c2cc(O)ccc2OC)s1.C=c1[nH]c(=O)/c(=C/c2ccc(-c3nn[nH]n3)cc2)s1.C=c1[nH]c(=O)/c(=C/c2cccc(-c3nn[nH]n3)c2)s1.C=c1[nH]c(=O)/c(=C/c2cccc(Cl)c2O)s1.C=c1[nH]c(=O)/c(=C/c2ccccc2-c2nn[nH]n2)s1. The Hall–Kier alpha value is -13.2. The van der Waals surface area contributed by atoms with Gasteiger partial charge in [0.15, 0.2) is 0 Å². The molecular formula is C71H57ClN18O11S6. The van der Waals surface area contributed by atoms with Crippen molar-refractivity contribution in [3.05, 3.63) is 283 Å². The number of para-hydroxylation sites is 1. The van der Waals surface area contributed by atoms with Gasteiger partial charge in [0, 0.05) is 33.9 Å².